The molecule has 1 aromatic heterocycles. The Labute approximate surface area is 129 Å². The van der Waals surface area contributed by atoms with Gasteiger partial charge in [0.25, 0.3) is 0 Å². The number of urea groups is 1. The van der Waals surface area contributed by atoms with Gasteiger partial charge in [0.05, 0.1) is 18.8 Å². The zero-order valence-electron chi connectivity index (χ0n) is 12.8. The number of aryl methyl sites for hydroxylation is 2. The fourth-order valence-corrected chi connectivity index (χ4v) is 1.96. The van der Waals surface area contributed by atoms with Crippen molar-refractivity contribution >= 4 is 6.03 Å². The minimum absolute atomic E-state index is 0.0424. The lowest BCUT2D eigenvalue weighted by molar-refractivity contribution is 0.239. The molecule has 0 atom stereocenters. The van der Waals surface area contributed by atoms with Gasteiger partial charge in [-0.15, -0.1) is 0 Å². The van der Waals surface area contributed by atoms with Crippen molar-refractivity contribution in [2.45, 2.75) is 33.4 Å². The van der Waals surface area contributed by atoms with E-state index in [-0.39, 0.29) is 19.2 Å². The van der Waals surface area contributed by atoms with E-state index in [1.54, 1.807) is 0 Å². The van der Waals surface area contributed by atoms with Gasteiger partial charge in [0, 0.05) is 6.54 Å². The molecule has 6 heteroatoms. The molecular weight excluding hydrogens is 282 g/mol. The van der Waals surface area contributed by atoms with Crippen LogP contribution in [-0.4, -0.2) is 22.7 Å². The SMILES string of the molecule is Cc1nc(CNC(=O)NCCc2ccc(CO)cc2)oc1C. The maximum absolute atomic E-state index is 11.7. The van der Waals surface area contributed by atoms with Crippen LogP contribution in [0, 0.1) is 13.8 Å². The monoisotopic (exact) mass is 303 g/mol. The molecule has 0 aliphatic heterocycles. The first-order valence-electron chi connectivity index (χ1n) is 7.21. The summed E-state index contributed by atoms with van der Waals surface area (Å²) < 4.78 is 5.39. The Kier molecular flexibility index (Phi) is 5.55. The summed E-state index contributed by atoms with van der Waals surface area (Å²) in [5.41, 5.74) is 2.82. The summed E-state index contributed by atoms with van der Waals surface area (Å²) in [5, 5.41) is 14.5. The molecule has 2 amide bonds. The molecule has 0 aliphatic rings. The first kappa shape index (κ1) is 16.0. The van der Waals surface area contributed by atoms with Gasteiger partial charge in [-0.25, -0.2) is 9.78 Å². The van der Waals surface area contributed by atoms with Crippen LogP contribution in [0.3, 0.4) is 0 Å². The van der Waals surface area contributed by atoms with Crippen LogP contribution in [0.4, 0.5) is 4.79 Å². The Hall–Kier alpha value is -2.34. The van der Waals surface area contributed by atoms with E-state index >= 15 is 0 Å². The highest BCUT2D eigenvalue weighted by molar-refractivity contribution is 5.73. The van der Waals surface area contributed by atoms with Crippen LogP contribution in [0.15, 0.2) is 28.7 Å². The largest absolute Gasteiger partial charge is 0.444 e. The lowest BCUT2D eigenvalue weighted by atomic mass is 10.1. The standard InChI is InChI=1S/C16H21N3O3/c1-11-12(2)22-15(19-11)9-18-16(21)17-8-7-13-3-5-14(10-20)6-4-13/h3-6,20H,7-10H2,1-2H3,(H2,17,18,21). The second kappa shape index (κ2) is 7.61. The van der Waals surface area contributed by atoms with Crippen molar-refractivity contribution in [1.82, 2.24) is 15.6 Å². The molecule has 0 unspecified atom stereocenters. The number of amides is 2. The number of hydrogen-bond acceptors (Lipinski definition) is 4. The van der Waals surface area contributed by atoms with Crippen LogP contribution >= 0.6 is 0 Å². The molecule has 0 fully saturated rings. The van der Waals surface area contributed by atoms with Crippen molar-refractivity contribution in [3.05, 3.63) is 52.7 Å². The second-order valence-electron chi connectivity index (χ2n) is 5.08. The fraction of sp³-hybridized carbons (Fsp3) is 0.375. The minimum Gasteiger partial charge on any atom is -0.444 e. The molecule has 0 bridgehead atoms. The average molecular weight is 303 g/mol. The molecular formula is C16H21N3O3. The second-order valence-corrected chi connectivity index (χ2v) is 5.08. The summed E-state index contributed by atoms with van der Waals surface area (Å²) in [5.74, 6) is 1.27. The van der Waals surface area contributed by atoms with Crippen molar-refractivity contribution in [2.24, 2.45) is 0 Å². The average Bonchev–Trinajstić information content (AvgIpc) is 2.84. The summed E-state index contributed by atoms with van der Waals surface area (Å²) in [6.45, 7) is 4.55. The van der Waals surface area contributed by atoms with Gasteiger partial charge in [-0.1, -0.05) is 24.3 Å². The number of nitrogens with zero attached hydrogens (tertiary/aromatic N) is 1. The van der Waals surface area contributed by atoms with Gasteiger partial charge in [0.1, 0.15) is 5.76 Å². The number of benzene rings is 1. The molecule has 1 heterocycles. The number of aromatic nitrogens is 1. The Morgan fingerprint density at radius 3 is 2.45 bits per heavy atom. The van der Waals surface area contributed by atoms with Gasteiger partial charge >= 0.3 is 6.03 Å². The smallest absolute Gasteiger partial charge is 0.315 e. The van der Waals surface area contributed by atoms with Crippen molar-refractivity contribution < 1.29 is 14.3 Å². The van der Waals surface area contributed by atoms with Crippen molar-refractivity contribution in [2.75, 3.05) is 6.54 Å². The summed E-state index contributed by atoms with van der Waals surface area (Å²) >= 11 is 0. The maximum atomic E-state index is 11.7. The fourth-order valence-electron chi connectivity index (χ4n) is 1.96. The van der Waals surface area contributed by atoms with Gasteiger partial charge in [0.15, 0.2) is 0 Å². The summed E-state index contributed by atoms with van der Waals surface area (Å²) in [6, 6.07) is 7.40. The third kappa shape index (κ3) is 4.60. The quantitative estimate of drug-likeness (QED) is 0.759. The number of rotatable bonds is 6. The Balaban J connectivity index is 1.68. The lowest BCUT2D eigenvalue weighted by Gasteiger charge is -2.06. The van der Waals surface area contributed by atoms with E-state index in [1.165, 1.54) is 0 Å². The number of hydrogen-bond donors (Lipinski definition) is 3. The molecule has 3 N–H and O–H groups in total. The van der Waals surface area contributed by atoms with Crippen LogP contribution in [-0.2, 0) is 19.6 Å². The normalized spacial score (nSPS) is 10.5. The molecule has 0 aliphatic carbocycles. The van der Waals surface area contributed by atoms with Crippen LogP contribution in [0.1, 0.15) is 28.5 Å². The van der Waals surface area contributed by atoms with Crippen LogP contribution in [0.5, 0.6) is 0 Å². The molecule has 6 nitrogen and oxygen atoms in total. The molecule has 22 heavy (non-hydrogen) atoms. The molecule has 0 saturated heterocycles. The zero-order chi connectivity index (χ0) is 15.9. The first-order chi connectivity index (χ1) is 10.6. The molecule has 0 saturated carbocycles. The van der Waals surface area contributed by atoms with E-state index in [0.717, 1.165) is 29.0 Å². The van der Waals surface area contributed by atoms with Crippen LogP contribution in [0.25, 0.3) is 0 Å². The highest BCUT2D eigenvalue weighted by atomic mass is 16.4. The number of nitrogens with one attached hydrogen (secondary N) is 2. The highest BCUT2D eigenvalue weighted by Gasteiger charge is 2.07. The van der Waals surface area contributed by atoms with Crippen molar-refractivity contribution in [3.8, 4) is 0 Å². The van der Waals surface area contributed by atoms with E-state index in [4.69, 9.17) is 9.52 Å². The van der Waals surface area contributed by atoms with E-state index in [2.05, 4.69) is 15.6 Å². The molecule has 118 valence electrons. The van der Waals surface area contributed by atoms with Crippen molar-refractivity contribution in [3.63, 3.8) is 0 Å². The molecule has 0 radical (unpaired) electrons. The lowest BCUT2D eigenvalue weighted by Crippen LogP contribution is -2.36. The van der Waals surface area contributed by atoms with Gasteiger partial charge < -0.3 is 20.2 Å². The third-order valence-corrected chi connectivity index (χ3v) is 3.38. The van der Waals surface area contributed by atoms with E-state index < -0.39 is 0 Å². The van der Waals surface area contributed by atoms with Gasteiger partial charge in [-0.05, 0) is 31.4 Å². The van der Waals surface area contributed by atoms with E-state index in [1.807, 2.05) is 38.1 Å². The summed E-state index contributed by atoms with van der Waals surface area (Å²) in [4.78, 5) is 15.9. The van der Waals surface area contributed by atoms with Gasteiger partial charge in [-0.2, -0.15) is 0 Å². The number of aliphatic hydroxyl groups is 1. The van der Waals surface area contributed by atoms with E-state index in [9.17, 15) is 4.79 Å². The van der Waals surface area contributed by atoms with E-state index in [0.29, 0.717) is 12.4 Å². The predicted octanol–water partition coefficient (Wildman–Crippen LogP) is 1.83. The van der Waals surface area contributed by atoms with Gasteiger partial charge in [-0.3, -0.25) is 0 Å². The number of carbonyl (C=O) groups is 1. The Morgan fingerprint density at radius 2 is 1.86 bits per heavy atom. The molecule has 0 spiro atoms. The minimum atomic E-state index is -0.250. The van der Waals surface area contributed by atoms with Crippen LogP contribution < -0.4 is 10.6 Å². The maximum Gasteiger partial charge on any atom is 0.315 e. The molecule has 1 aromatic carbocycles. The summed E-state index contributed by atoms with van der Waals surface area (Å²) in [6.07, 6.45) is 0.732. The number of aliphatic hydroxyl groups excluding tert-OH is 1. The third-order valence-electron chi connectivity index (χ3n) is 3.38. The molecule has 2 rings (SSSR count). The molecule has 2 aromatic rings. The Morgan fingerprint density at radius 1 is 1.18 bits per heavy atom. The number of carbonyl (C=O) groups excluding carboxylic acids is 1. The van der Waals surface area contributed by atoms with Gasteiger partial charge in [0.2, 0.25) is 5.89 Å². The predicted molar refractivity (Wildman–Crippen MR) is 82.3 cm³/mol. The Bertz CT molecular complexity index is 601. The van der Waals surface area contributed by atoms with Crippen LogP contribution in [0.2, 0.25) is 0 Å². The zero-order valence-corrected chi connectivity index (χ0v) is 12.8. The van der Waals surface area contributed by atoms with Crippen molar-refractivity contribution in [1.29, 1.82) is 0 Å². The topological polar surface area (TPSA) is 87.4 Å². The summed E-state index contributed by atoms with van der Waals surface area (Å²) in [7, 11) is 0. The highest BCUT2D eigenvalue weighted by Crippen LogP contribution is 2.07. The number of oxazole rings is 1. The first-order valence-corrected chi connectivity index (χ1v) is 7.21.